The molecule has 0 saturated carbocycles. The van der Waals surface area contributed by atoms with E-state index in [0.29, 0.717) is 0 Å². The number of hydrogen-bond acceptors (Lipinski definition) is 1. The Bertz CT molecular complexity index is 231. The third-order valence-electron chi connectivity index (χ3n) is 2.99. The molecule has 0 fully saturated rings. The van der Waals surface area contributed by atoms with Crippen LogP contribution in [0.1, 0.15) is 70.6 Å². The second-order valence-corrected chi connectivity index (χ2v) is 4.76. The molecule has 0 atom stereocenters. The van der Waals surface area contributed by atoms with E-state index in [9.17, 15) is 4.79 Å². The summed E-state index contributed by atoms with van der Waals surface area (Å²) in [6, 6.07) is 0. The number of carbonyl (C=O) groups is 1. The summed E-state index contributed by atoms with van der Waals surface area (Å²) in [6.45, 7) is 3.72. The Labute approximate surface area is 112 Å². The number of carboxylic acid groups (broad SMARTS) is 1. The maximum atomic E-state index is 10.2. The highest BCUT2D eigenvalue weighted by Gasteiger charge is 1.92. The average Bonchev–Trinajstić information content (AvgIpc) is 2.34. The molecule has 0 aliphatic carbocycles. The van der Waals surface area contributed by atoms with Crippen molar-refractivity contribution in [2.75, 3.05) is 0 Å². The summed E-state index contributed by atoms with van der Waals surface area (Å²) in [4.78, 5) is 10.2. The molecule has 0 aromatic carbocycles. The van der Waals surface area contributed by atoms with Crippen molar-refractivity contribution in [2.24, 2.45) is 0 Å². The predicted molar refractivity (Wildman–Crippen MR) is 77.8 cm³/mol. The summed E-state index contributed by atoms with van der Waals surface area (Å²) in [7, 11) is 0. The van der Waals surface area contributed by atoms with Crippen LogP contribution in [0.5, 0.6) is 0 Å². The van der Waals surface area contributed by atoms with Gasteiger partial charge in [-0.2, -0.15) is 0 Å². The number of aliphatic carboxylic acids is 1. The first-order chi connectivity index (χ1) is 8.77. The quantitative estimate of drug-likeness (QED) is 0.365. The molecule has 0 aromatic rings. The predicted octanol–water partition coefficient (Wildman–Crippen LogP) is 5.10. The maximum Gasteiger partial charge on any atom is 0.307 e. The lowest BCUT2D eigenvalue weighted by molar-refractivity contribution is -0.136. The molecule has 0 aromatic heterocycles. The molecule has 0 saturated heterocycles. The second kappa shape index (κ2) is 14.0. The fourth-order valence-corrected chi connectivity index (χ4v) is 1.91. The largest absolute Gasteiger partial charge is 0.481 e. The third-order valence-corrected chi connectivity index (χ3v) is 2.99. The topological polar surface area (TPSA) is 37.3 Å². The van der Waals surface area contributed by atoms with Crippen molar-refractivity contribution in [3.63, 3.8) is 0 Å². The van der Waals surface area contributed by atoms with Crippen LogP contribution in [0.15, 0.2) is 24.8 Å². The molecule has 1 N–H and O–H groups in total. The molecule has 0 aliphatic heterocycles. The standard InChI is InChI=1S/C16H28O2/c1-2-3-4-5-6-7-8-9-10-11-12-13-14-15-16(17)18/h2,13-14H,1,3-12,15H2,(H,17,18). The van der Waals surface area contributed by atoms with E-state index < -0.39 is 5.97 Å². The lowest BCUT2D eigenvalue weighted by Crippen LogP contribution is -1.89. The van der Waals surface area contributed by atoms with Crippen molar-refractivity contribution < 1.29 is 9.90 Å². The number of rotatable bonds is 13. The lowest BCUT2D eigenvalue weighted by atomic mass is 10.1. The van der Waals surface area contributed by atoms with Crippen LogP contribution in [0, 0.1) is 0 Å². The van der Waals surface area contributed by atoms with Crippen molar-refractivity contribution in [3.8, 4) is 0 Å². The molecular weight excluding hydrogens is 224 g/mol. The zero-order chi connectivity index (χ0) is 13.5. The van der Waals surface area contributed by atoms with Crippen molar-refractivity contribution in [1.82, 2.24) is 0 Å². The van der Waals surface area contributed by atoms with Gasteiger partial charge >= 0.3 is 5.97 Å². The Morgan fingerprint density at radius 2 is 1.33 bits per heavy atom. The summed E-state index contributed by atoms with van der Waals surface area (Å²) >= 11 is 0. The molecule has 0 unspecified atom stereocenters. The monoisotopic (exact) mass is 252 g/mol. The Balaban J connectivity index is 3.05. The molecule has 0 rings (SSSR count). The van der Waals surface area contributed by atoms with E-state index in [2.05, 4.69) is 6.58 Å². The van der Waals surface area contributed by atoms with Gasteiger partial charge in [0.1, 0.15) is 0 Å². The van der Waals surface area contributed by atoms with Gasteiger partial charge in [-0.25, -0.2) is 0 Å². The first-order valence-electron chi connectivity index (χ1n) is 7.25. The zero-order valence-corrected chi connectivity index (χ0v) is 11.6. The third kappa shape index (κ3) is 14.9. The number of carboxylic acids is 1. The Hall–Kier alpha value is -1.05. The minimum absolute atomic E-state index is 0.157. The second-order valence-electron chi connectivity index (χ2n) is 4.76. The molecule has 0 bridgehead atoms. The highest BCUT2D eigenvalue weighted by Crippen LogP contribution is 2.10. The first-order valence-corrected chi connectivity index (χ1v) is 7.25. The van der Waals surface area contributed by atoms with Gasteiger partial charge in [0.25, 0.3) is 0 Å². The fraction of sp³-hybridized carbons (Fsp3) is 0.688. The number of unbranched alkanes of at least 4 members (excludes halogenated alkanes) is 9. The summed E-state index contributed by atoms with van der Waals surface area (Å²) in [5, 5.41) is 8.43. The first kappa shape index (κ1) is 16.9. The van der Waals surface area contributed by atoms with Gasteiger partial charge in [-0.3, -0.25) is 4.79 Å². The molecule has 2 nitrogen and oxygen atoms in total. The van der Waals surface area contributed by atoms with Crippen LogP contribution in [0.25, 0.3) is 0 Å². The van der Waals surface area contributed by atoms with Crippen LogP contribution in [0.3, 0.4) is 0 Å². The van der Waals surface area contributed by atoms with E-state index in [4.69, 9.17) is 5.11 Å². The van der Waals surface area contributed by atoms with E-state index in [0.717, 1.165) is 12.8 Å². The summed E-state index contributed by atoms with van der Waals surface area (Å²) in [5.74, 6) is -0.747. The van der Waals surface area contributed by atoms with Crippen LogP contribution in [0.4, 0.5) is 0 Å². The molecule has 0 spiro atoms. The number of allylic oxidation sites excluding steroid dienone is 2. The molecule has 0 radical (unpaired) electrons. The molecule has 0 amide bonds. The van der Waals surface area contributed by atoms with Gasteiger partial charge in [-0.1, -0.05) is 56.8 Å². The van der Waals surface area contributed by atoms with E-state index in [-0.39, 0.29) is 6.42 Å². The minimum Gasteiger partial charge on any atom is -0.481 e. The van der Waals surface area contributed by atoms with Gasteiger partial charge in [0.15, 0.2) is 0 Å². The van der Waals surface area contributed by atoms with Crippen molar-refractivity contribution in [3.05, 3.63) is 24.8 Å². The lowest BCUT2D eigenvalue weighted by Gasteiger charge is -2.00. The highest BCUT2D eigenvalue weighted by atomic mass is 16.4. The van der Waals surface area contributed by atoms with Crippen LogP contribution in [-0.2, 0) is 4.79 Å². The SMILES string of the molecule is C=CCCCCCCCCCCC=CCC(=O)O. The molecule has 0 aliphatic rings. The van der Waals surface area contributed by atoms with E-state index >= 15 is 0 Å². The van der Waals surface area contributed by atoms with E-state index in [1.54, 1.807) is 6.08 Å². The van der Waals surface area contributed by atoms with Gasteiger partial charge in [-0.05, 0) is 25.7 Å². The molecule has 18 heavy (non-hydrogen) atoms. The normalized spacial score (nSPS) is 10.9. The fourth-order valence-electron chi connectivity index (χ4n) is 1.91. The van der Waals surface area contributed by atoms with Gasteiger partial charge in [0, 0.05) is 0 Å². The van der Waals surface area contributed by atoms with E-state index in [1.165, 1.54) is 51.4 Å². The summed E-state index contributed by atoms with van der Waals surface area (Å²) < 4.78 is 0. The van der Waals surface area contributed by atoms with Crippen LogP contribution in [0.2, 0.25) is 0 Å². The van der Waals surface area contributed by atoms with Gasteiger partial charge < -0.3 is 5.11 Å². The van der Waals surface area contributed by atoms with Crippen molar-refractivity contribution >= 4 is 5.97 Å². The maximum absolute atomic E-state index is 10.2. The minimum atomic E-state index is -0.747. The van der Waals surface area contributed by atoms with Crippen molar-refractivity contribution in [2.45, 2.75) is 70.6 Å². The molecular formula is C16H28O2. The van der Waals surface area contributed by atoms with Crippen LogP contribution < -0.4 is 0 Å². The average molecular weight is 252 g/mol. The van der Waals surface area contributed by atoms with Gasteiger partial charge in [-0.15, -0.1) is 6.58 Å². The molecule has 0 heterocycles. The van der Waals surface area contributed by atoms with Crippen molar-refractivity contribution in [1.29, 1.82) is 0 Å². The highest BCUT2D eigenvalue weighted by molar-refractivity contribution is 5.68. The number of hydrogen-bond donors (Lipinski definition) is 1. The Morgan fingerprint density at radius 3 is 1.83 bits per heavy atom. The molecule has 2 heteroatoms. The summed E-state index contributed by atoms with van der Waals surface area (Å²) in [6.07, 6.45) is 18.5. The van der Waals surface area contributed by atoms with Crippen LogP contribution in [-0.4, -0.2) is 11.1 Å². The van der Waals surface area contributed by atoms with E-state index in [1.807, 2.05) is 12.2 Å². The van der Waals surface area contributed by atoms with Gasteiger partial charge in [0.05, 0.1) is 6.42 Å². The van der Waals surface area contributed by atoms with Crippen LogP contribution >= 0.6 is 0 Å². The summed E-state index contributed by atoms with van der Waals surface area (Å²) in [5.41, 5.74) is 0. The molecule has 104 valence electrons. The zero-order valence-electron chi connectivity index (χ0n) is 11.6. The smallest absolute Gasteiger partial charge is 0.307 e. The van der Waals surface area contributed by atoms with Gasteiger partial charge in [0.2, 0.25) is 0 Å². The Kier molecular flexibility index (Phi) is 13.2. The Morgan fingerprint density at radius 1 is 0.833 bits per heavy atom.